The van der Waals surface area contributed by atoms with E-state index in [0.29, 0.717) is 13.1 Å². The van der Waals surface area contributed by atoms with Crippen LogP contribution < -0.4 is 5.32 Å². The number of nitrogens with zero attached hydrogens (tertiary/aromatic N) is 3. The molecule has 2 rings (SSSR count). The highest BCUT2D eigenvalue weighted by atomic mass is 16.2. The number of urea groups is 2. The highest BCUT2D eigenvalue weighted by molar-refractivity contribution is 5.77. The van der Waals surface area contributed by atoms with E-state index in [4.69, 9.17) is 0 Å². The monoisotopic (exact) mass is 240 g/mol. The molecule has 2 fully saturated rings. The van der Waals surface area contributed by atoms with Gasteiger partial charge in [0.15, 0.2) is 0 Å². The van der Waals surface area contributed by atoms with Gasteiger partial charge in [-0.1, -0.05) is 6.92 Å². The van der Waals surface area contributed by atoms with Crippen LogP contribution in [0.2, 0.25) is 0 Å². The largest absolute Gasteiger partial charge is 0.336 e. The van der Waals surface area contributed by atoms with Crippen LogP contribution in [0.25, 0.3) is 0 Å². The number of amides is 4. The van der Waals surface area contributed by atoms with Crippen LogP contribution >= 0.6 is 0 Å². The molecule has 0 saturated carbocycles. The summed E-state index contributed by atoms with van der Waals surface area (Å²) in [5, 5.41) is 2.76. The molecule has 2 aliphatic heterocycles. The first-order valence-electron chi connectivity index (χ1n) is 6.29. The van der Waals surface area contributed by atoms with Crippen LogP contribution in [-0.4, -0.2) is 72.6 Å². The molecule has 0 aliphatic carbocycles. The molecular formula is C11H20N4O2. The molecule has 4 amide bonds. The predicted octanol–water partition coefficient (Wildman–Crippen LogP) is 0.159. The second-order valence-corrected chi connectivity index (χ2v) is 4.48. The van der Waals surface area contributed by atoms with Crippen molar-refractivity contribution in [2.24, 2.45) is 0 Å². The molecule has 0 atom stereocenters. The maximum absolute atomic E-state index is 11.9. The third-order valence-corrected chi connectivity index (χ3v) is 3.26. The van der Waals surface area contributed by atoms with Gasteiger partial charge in [0.2, 0.25) is 0 Å². The third kappa shape index (κ3) is 2.62. The lowest BCUT2D eigenvalue weighted by Gasteiger charge is -2.21. The molecule has 2 heterocycles. The van der Waals surface area contributed by atoms with Crippen LogP contribution in [0.1, 0.15) is 13.3 Å². The lowest BCUT2D eigenvalue weighted by molar-refractivity contribution is 0.184. The number of nitrogens with one attached hydrogen (secondary N) is 1. The average molecular weight is 240 g/mol. The Morgan fingerprint density at radius 3 is 2.24 bits per heavy atom. The molecule has 96 valence electrons. The van der Waals surface area contributed by atoms with E-state index in [1.54, 1.807) is 4.90 Å². The van der Waals surface area contributed by atoms with Crippen LogP contribution in [-0.2, 0) is 0 Å². The van der Waals surface area contributed by atoms with Gasteiger partial charge in [-0.15, -0.1) is 0 Å². The molecule has 2 saturated heterocycles. The Balaban J connectivity index is 1.76. The minimum Gasteiger partial charge on any atom is -0.336 e. The molecular weight excluding hydrogens is 220 g/mol. The summed E-state index contributed by atoms with van der Waals surface area (Å²) in [4.78, 5) is 28.7. The summed E-state index contributed by atoms with van der Waals surface area (Å²) < 4.78 is 0. The zero-order valence-electron chi connectivity index (χ0n) is 10.3. The topological polar surface area (TPSA) is 55.9 Å². The highest BCUT2D eigenvalue weighted by Gasteiger charge is 2.28. The van der Waals surface area contributed by atoms with Crippen LogP contribution in [0.3, 0.4) is 0 Å². The normalized spacial score (nSPS) is 20.4. The van der Waals surface area contributed by atoms with Gasteiger partial charge in [0.25, 0.3) is 0 Å². The van der Waals surface area contributed by atoms with Crippen LogP contribution in [0.5, 0.6) is 0 Å². The van der Waals surface area contributed by atoms with Crippen LogP contribution in [0, 0.1) is 0 Å². The molecule has 0 unspecified atom stereocenters. The summed E-state index contributed by atoms with van der Waals surface area (Å²) in [5.74, 6) is 0. The molecule has 0 aromatic carbocycles. The standard InChI is InChI=1S/C11H20N4O2/c1-2-4-14-8-9-15(11(14)17)7-6-13-5-3-12-10(13)16/h2-9H2,1H3,(H,12,16). The first kappa shape index (κ1) is 12.0. The second kappa shape index (κ2) is 5.25. The zero-order chi connectivity index (χ0) is 12.3. The first-order valence-corrected chi connectivity index (χ1v) is 6.29. The molecule has 0 aromatic rings. The van der Waals surface area contributed by atoms with Gasteiger partial charge in [0, 0.05) is 45.8 Å². The SMILES string of the molecule is CCCN1CCN(CCN2CCNC2=O)C1=O. The molecule has 6 nitrogen and oxygen atoms in total. The van der Waals surface area contributed by atoms with E-state index in [1.807, 2.05) is 9.80 Å². The van der Waals surface area contributed by atoms with Crippen molar-refractivity contribution in [2.45, 2.75) is 13.3 Å². The van der Waals surface area contributed by atoms with Crippen molar-refractivity contribution in [3.05, 3.63) is 0 Å². The van der Waals surface area contributed by atoms with Gasteiger partial charge in [0.05, 0.1) is 0 Å². The van der Waals surface area contributed by atoms with Crippen molar-refractivity contribution in [1.29, 1.82) is 0 Å². The number of rotatable bonds is 5. The predicted molar refractivity (Wildman–Crippen MR) is 63.8 cm³/mol. The summed E-state index contributed by atoms with van der Waals surface area (Å²) in [7, 11) is 0. The first-order chi connectivity index (χ1) is 8.22. The molecule has 2 aliphatic rings. The minimum absolute atomic E-state index is 0.0120. The average Bonchev–Trinajstić information content (AvgIpc) is 2.86. The Morgan fingerprint density at radius 2 is 1.65 bits per heavy atom. The van der Waals surface area contributed by atoms with Gasteiger partial charge in [-0.3, -0.25) is 0 Å². The third-order valence-electron chi connectivity index (χ3n) is 3.26. The number of carbonyl (C=O) groups is 2. The van der Waals surface area contributed by atoms with E-state index in [-0.39, 0.29) is 12.1 Å². The lowest BCUT2D eigenvalue weighted by Crippen LogP contribution is -2.39. The smallest absolute Gasteiger partial charge is 0.320 e. The number of carbonyl (C=O) groups excluding carboxylic acids is 2. The van der Waals surface area contributed by atoms with Gasteiger partial charge in [-0.2, -0.15) is 0 Å². The van der Waals surface area contributed by atoms with Crippen LogP contribution in [0.15, 0.2) is 0 Å². The quantitative estimate of drug-likeness (QED) is 0.744. The van der Waals surface area contributed by atoms with E-state index in [2.05, 4.69) is 12.2 Å². The number of hydrogen-bond donors (Lipinski definition) is 1. The van der Waals surface area contributed by atoms with Crippen molar-refractivity contribution in [2.75, 3.05) is 45.8 Å². The number of hydrogen-bond acceptors (Lipinski definition) is 2. The van der Waals surface area contributed by atoms with Crippen molar-refractivity contribution < 1.29 is 9.59 Å². The molecule has 6 heteroatoms. The second-order valence-electron chi connectivity index (χ2n) is 4.48. The van der Waals surface area contributed by atoms with Crippen LogP contribution in [0.4, 0.5) is 9.59 Å². The fourth-order valence-corrected chi connectivity index (χ4v) is 2.28. The van der Waals surface area contributed by atoms with Crippen molar-refractivity contribution >= 4 is 12.1 Å². The summed E-state index contributed by atoms with van der Waals surface area (Å²) in [6, 6.07) is 0.105. The summed E-state index contributed by atoms with van der Waals surface area (Å²) in [6.07, 6.45) is 0.994. The molecule has 17 heavy (non-hydrogen) atoms. The van der Waals surface area contributed by atoms with Gasteiger partial charge in [-0.25, -0.2) is 9.59 Å². The Hall–Kier alpha value is -1.46. The van der Waals surface area contributed by atoms with Crippen molar-refractivity contribution in [1.82, 2.24) is 20.0 Å². The van der Waals surface area contributed by atoms with E-state index >= 15 is 0 Å². The molecule has 0 spiro atoms. The maximum Gasteiger partial charge on any atom is 0.320 e. The van der Waals surface area contributed by atoms with E-state index in [1.165, 1.54) is 0 Å². The maximum atomic E-state index is 11.9. The van der Waals surface area contributed by atoms with Gasteiger partial charge >= 0.3 is 12.1 Å². The Kier molecular flexibility index (Phi) is 3.71. The summed E-state index contributed by atoms with van der Waals surface area (Å²) >= 11 is 0. The highest BCUT2D eigenvalue weighted by Crippen LogP contribution is 2.09. The molecule has 1 N–H and O–H groups in total. The zero-order valence-corrected chi connectivity index (χ0v) is 10.3. The molecule has 0 bridgehead atoms. The minimum atomic E-state index is -0.0120. The van der Waals surface area contributed by atoms with E-state index < -0.39 is 0 Å². The molecule has 0 aromatic heterocycles. The Morgan fingerprint density at radius 1 is 1.00 bits per heavy atom. The van der Waals surface area contributed by atoms with Gasteiger partial charge < -0.3 is 20.0 Å². The van der Waals surface area contributed by atoms with Gasteiger partial charge in [0.1, 0.15) is 0 Å². The lowest BCUT2D eigenvalue weighted by atomic mass is 10.4. The van der Waals surface area contributed by atoms with Crippen molar-refractivity contribution in [3.8, 4) is 0 Å². The fraction of sp³-hybridized carbons (Fsp3) is 0.818. The van der Waals surface area contributed by atoms with Gasteiger partial charge in [-0.05, 0) is 6.42 Å². The van der Waals surface area contributed by atoms with E-state index in [9.17, 15) is 9.59 Å². The van der Waals surface area contributed by atoms with E-state index in [0.717, 1.165) is 39.1 Å². The van der Waals surface area contributed by atoms with Crippen molar-refractivity contribution in [3.63, 3.8) is 0 Å². The molecule has 0 radical (unpaired) electrons. The Bertz CT molecular complexity index is 308. The summed E-state index contributed by atoms with van der Waals surface area (Å²) in [5.41, 5.74) is 0. The summed E-state index contributed by atoms with van der Waals surface area (Å²) in [6.45, 7) is 7.26. The Labute approximate surface area is 102 Å². The fourth-order valence-electron chi connectivity index (χ4n) is 2.28.